The smallest absolute Gasteiger partial charge is 0.219 e. The standard InChI is InChI=1S/C31H45ClN4O2/c1-38-25-16-18-28-27(23-25)31(26-17-15-24(32)22-29(26)36-28)35-21-12-8-6-4-2-3-5-7-10-14-30(37)34-20-13-9-11-19-33/h15-18,22-23H,2-14,19-21,33H2,1H3,(H,34,37)(H,35,36). The van der Waals surface area contributed by atoms with E-state index in [4.69, 9.17) is 27.1 Å². The molecule has 208 valence electrons. The van der Waals surface area contributed by atoms with Crippen LogP contribution in [0.3, 0.4) is 0 Å². The van der Waals surface area contributed by atoms with E-state index in [1.54, 1.807) is 7.11 Å². The van der Waals surface area contributed by atoms with Gasteiger partial charge in [-0.25, -0.2) is 4.98 Å². The van der Waals surface area contributed by atoms with E-state index in [0.717, 1.165) is 91.4 Å². The molecule has 3 aromatic rings. The first-order valence-corrected chi connectivity index (χ1v) is 14.8. The van der Waals surface area contributed by atoms with Crippen LogP contribution in [-0.4, -0.2) is 37.6 Å². The number of rotatable bonds is 19. The molecule has 2 aromatic carbocycles. The molecule has 4 N–H and O–H groups in total. The quantitative estimate of drug-likeness (QED) is 0.107. The Labute approximate surface area is 233 Å². The van der Waals surface area contributed by atoms with Crippen molar-refractivity contribution >= 4 is 45.0 Å². The van der Waals surface area contributed by atoms with Crippen LogP contribution < -0.4 is 21.1 Å². The minimum absolute atomic E-state index is 0.196. The Balaban J connectivity index is 1.29. The Hall–Kier alpha value is -2.57. The summed E-state index contributed by atoms with van der Waals surface area (Å²) in [6.45, 7) is 2.44. The van der Waals surface area contributed by atoms with Gasteiger partial charge in [0.2, 0.25) is 5.91 Å². The summed E-state index contributed by atoms with van der Waals surface area (Å²) < 4.78 is 5.46. The predicted octanol–water partition coefficient (Wildman–Crippen LogP) is 7.61. The van der Waals surface area contributed by atoms with E-state index in [9.17, 15) is 4.79 Å². The molecule has 0 atom stereocenters. The van der Waals surface area contributed by atoms with Crippen LogP contribution in [0.15, 0.2) is 36.4 Å². The van der Waals surface area contributed by atoms with Gasteiger partial charge in [0.25, 0.3) is 0 Å². The first-order valence-electron chi connectivity index (χ1n) is 14.4. The fourth-order valence-corrected chi connectivity index (χ4v) is 5.00. The van der Waals surface area contributed by atoms with Crippen LogP contribution in [0, 0.1) is 0 Å². The highest BCUT2D eigenvalue weighted by Gasteiger charge is 2.11. The summed E-state index contributed by atoms with van der Waals surface area (Å²) in [6.07, 6.45) is 14.6. The second kappa shape index (κ2) is 17.1. The van der Waals surface area contributed by atoms with Gasteiger partial charge in [-0.1, -0.05) is 63.0 Å². The van der Waals surface area contributed by atoms with Crippen molar-refractivity contribution < 1.29 is 9.53 Å². The molecule has 0 aliphatic carbocycles. The van der Waals surface area contributed by atoms with Gasteiger partial charge < -0.3 is 21.1 Å². The van der Waals surface area contributed by atoms with Gasteiger partial charge in [0.1, 0.15) is 5.75 Å². The average molecular weight is 541 g/mol. The summed E-state index contributed by atoms with van der Waals surface area (Å²) >= 11 is 6.23. The fourth-order valence-electron chi connectivity index (χ4n) is 4.84. The molecule has 0 saturated heterocycles. The molecule has 0 spiro atoms. The number of carbonyl (C=O) groups is 1. The van der Waals surface area contributed by atoms with Gasteiger partial charge in [0.15, 0.2) is 0 Å². The fraction of sp³-hybridized carbons (Fsp3) is 0.548. The maximum Gasteiger partial charge on any atom is 0.219 e. The molecule has 1 amide bonds. The molecular weight excluding hydrogens is 496 g/mol. The third-order valence-electron chi connectivity index (χ3n) is 7.03. The average Bonchev–Trinajstić information content (AvgIpc) is 2.92. The number of aromatic nitrogens is 1. The number of nitrogens with zero attached hydrogens (tertiary/aromatic N) is 1. The highest BCUT2D eigenvalue weighted by Crippen LogP contribution is 2.34. The van der Waals surface area contributed by atoms with Crippen LogP contribution in [0.25, 0.3) is 21.8 Å². The number of nitrogens with one attached hydrogen (secondary N) is 2. The van der Waals surface area contributed by atoms with Crippen molar-refractivity contribution in [2.24, 2.45) is 5.73 Å². The SMILES string of the molecule is COc1ccc2nc3cc(Cl)ccc3c(NCCCCCCCCCCCC(=O)NCCCCCN)c2c1. The summed E-state index contributed by atoms with van der Waals surface area (Å²) in [4.78, 5) is 16.6. The topological polar surface area (TPSA) is 89.3 Å². The second-order valence-corrected chi connectivity index (χ2v) is 10.5. The Bertz CT molecular complexity index is 1140. The zero-order valence-corrected chi connectivity index (χ0v) is 23.8. The summed E-state index contributed by atoms with van der Waals surface area (Å²) in [5, 5.41) is 9.54. The molecule has 3 rings (SSSR count). The van der Waals surface area contributed by atoms with Crippen LogP contribution in [0.4, 0.5) is 5.69 Å². The van der Waals surface area contributed by atoms with E-state index in [0.29, 0.717) is 11.4 Å². The molecule has 6 nitrogen and oxygen atoms in total. The first kappa shape index (κ1) is 30.0. The Morgan fingerprint density at radius 1 is 0.816 bits per heavy atom. The number of ether oxygens (including phenoxy) is 1. The molecule has 0 aliphatic heterocycles. The van der Waals surface area contributed by atoms with Crippen molar-refractivity contribution in [2.75, 3.05) is 32.1 Å². The van der Waals surface area contributed by atoms with Gasteiger partial charge in [0, 0.05) is 35.3 Å². The number of hydrogen-bond donors (Lipinski definition) is 3. The lowest BCUT2D eigenvalue weighted by Gasteiger charge is -2.14. The van der Waals surface area contributed by atoms with E-state index in [1.807, 2.05) is 30.3 Å². The predicted molar refractivity (Wildman–Crippen MR) is 161 cm³/mol. The molecular formula is C31H45ClN4O2. The minimum Gasteiger partial charge on any atom is -0.497 e. The molecule has 1 heterocycles. The molecule has 0 fully saturated rings. The Kier molecular flexibility index (Phi) is 13.5. The normalized spacial score (nSPS) is 11.2. The number of carbonyl (C=O) groups excluding carboxylic acids is 1. The van der Waals surface area contributed by atoms with Crippen molar-refractivity contribution in [1.29, 1.82) is 0 Å². The number of methoxy groups -OCH3 is 1. The van der Waals surface area contributed by atoms with E-state index in [2.05, 4.69) is 16.7 Å². The number of nitrogens with two attached hydrogens (primary N) is 1. The second-order valence-electron chi connectivity index (χ2n) is 10.1. The Morgan fingerprint density at radius 2 is 1.50 bits per heavy atom. The highest BCUT2D eigenvalue weighted by molar-refractivity contribution is 6.31. The van der Waals surface area contributed by atoms with Crippen molar-refractivity contribution in [2.45, 2.75) is 83.5 Å². The summed E-state index contributed by atoms with van der Waals surface area (Å²) in [5.74, 6) is 1.02. The maximum atomic E-state index is 11.8. The van der Waals surface area contributed by atoms with Crippen molar-refractivity contribution in [3.05, 3.63) is 41.4 Å². The zero-order chi connectivity index (χ0) is 27.0. The minimum atomic E-state index is 0.196. The van der Waals surface area contributed by atoms with E-state index < -0.39 is 0 Å². The van der Waals surface area contributed by atoms with Crippen LogP contribution in [0.5, 0.6) is 5.75 Å². The lowest BCUT2D eigenvalue weighted by molar-refractivity contribution is -0.121. The molecule has 0 saturated carbocycles. The molecule has 38 heavy (non-hydrogen) atoms. The molecule has 7 heteroatoms. The number of pyridine rings is 1. The van der Waals surface area contributed by atoms with Gasteiger partial charge in [-0.3, -0.25) is 4.79 Å². The lowest BCUT2D eigenvalue weighted by atomic mass is 10.1. The number of fused-ring (bicyclic) bond motifs is 2. The monoisotopic (exact) mass is 540 g/mol. The third-order valence-corrected chi connectivity index (χ3v) is 7.26. The number of unbranched alkanes of at least 4 members (excludes halogenated alkanes) is 10. The van der Waals surface area contributed by atoms with Crippen LogP contribution >= 0.6 is 11.6 Å². The van der Waals surface area contributed by atoms with Crippen LogP contribution in [-0.2, 0) is 4.79 Å². The molecule has 0 radical (unpaired) electrons. The number of hydrogen-bond acceptors (Lipinski definition) is 5. The van der Waals surface area contributed by atoms with Gasteiger partial charge in [-0.05, 0) is 68.6 Å². The first-order chi connectivity index (χ1) is 18.6. The van der Waals surface area contributed by atoms with Crippen molar-refractivity contribution in [3.63, 3.8) is 0 Å². The van der Waals surface area contributed by atoms with Crippen molar-refractivity contribution in [1.82, 2.24) is 10.3 Å². The van der Waals surface area contributed by atoms with Gasteiger partial charge in [-0.2, -0.15) is 0 Å². The molecule has 1 aromatic heterocycles. The summed E-state index contributed by atoms with van der Waals surface area (Å²) in [7, 11) is 1.69. The molecule has 0 aliphatic rings. The van der Waals surface area contributed by atoms with Gasteiger partial charge in [0.05, 0.1) is 23.8 Å². The maximum absolute atomic E-state index is 11.8. The third kappa shape index (κ3) is 9.95. The zero-order valence-electron chi connectivity index (χ0n) is 23.0. The largest absolute Gasteiger partial charge is 0.497 e. The number of anilines is 1. The summed E-state index contributed by atoms with van der Waals surface area (Å²) in [6, 6.07) is 11.9. The number of benzene rings is 2. The van der Waals surface area contributed by atoms with Crippen LogP contribution in [0.2, 0.25) is 5.02 Å². The number of amides is 1. The van der Waals surface area contributed by atoms with Gasteiger partial charge >= 0.3 is 0 Å². The van der Waals surface area contributed by atoms with E-state index >= 15 is 0 Å². The molecule has 0 bridgehead atoms. The summed E-state index contributed by atoms with van der Waals surface area (Å²) in [5.41, 5.74) is 8.42. The van der Waals surface area contributed by atoms with Crippen LogP contribution in [0.1, 0.15) is 83.5 Å². The number of halogens is 1. The van der Waals surface area contributed by atoms with Crippen molar-refractivity contribution in [3.8, 4) is 5.75 Å². The molecule has 0 unspecified atom stereocenters. The Morgan fingerprint density at radius 3 is 2.24 bits per heavy atom. The van der Waals surface area contributed by atoms with E-state index in [-0.39, 0.29) is 5.91 Å². The lowest BCUT2D eigenvalue weighted by Crippen LogP contribution is -2.24. The highest BCUT2D eigenvalue weighted by atomic mass is 35.5. The van der Waals surface area contributed by atoms with E-state index in [1.165, 1.54) is 38.5 Å². The van der Waals surface area contributed by atoms with Gasteiger partial charge in [-0.15, -0.1) is 0 Å².